The highest BCUT2D eigenvalue weighted by Gasteiger charge is 2.29. The summed E-state index contributed by atoms with van der Waals surface area (Å²) in [7, 11) is 1.59. The molecule has 122 valence electrons. The molecule has 2 heterocycles. The van der Waals surface area contributed by atoms with Crippen LogP contribution in [0.25, 0.3) is 6.08 Å². The molecule has 1 saturated heterocycles. The summed E-state index contributed by atoms with van der Waals surface area (Å²) >= 11 is 0. The predicted octanol–water partition coefficient (Wildman–Crippen LogP) is 1.79. The molecule has 1 aromatic rings. The van der Waals surface area contributed by atoms with E-state index in [-0.39, 0.29) is 18.4 Å². The SMILES string of the molecule is COc1ccc2c(c1)C=C(C(=O)N1CCC(C(=O)O)CC1)CO2. The van der Waals surface area contributed by atoms with Crippen molar-refractivity contribution in [1.82, 2.24) is 4.90 Å². The topological polar surface area (TPSA) is 76.1 Å². The lowest BCUT2D eigenvalue weighted by atomic mass is 9.96. The van der Waals surface area contributed by atoms with Crippen LogP contribution in [0.5, 0.6) is 11.5 Å². The highest BCUT2D eigenvalue weighted by molar-refractivity contribution is 5.99. The Labute approximate surface area is 134 Å². The number of amides is 1. The number of carboxylic acid groups (broad SMARTS) is 1. The van der Waals surface area contributed by atoms with E-state index in [4.69, 9.17) is 14.6 Å². The maximum absolute atomic E-state index is 12.6. The summed E-state index contributed by atoms with van der Waals surface area (Å²) < 4.78 is 10.8. The standard InChI is InChI=1S/C17H19NO5/c1-22-14-2-3-15-12(9-14)8-13(10-23-15)16(19)18-6-4-11(5-7-18)17(20)21/h2-3,8-9,11H,4-7,10H2,1H3,(H,20,21). The zero-order valence-corrected chi connectivity index (χ0v) is 12.9. The van der Waals surface area contributed by atoms with Crippen molar-refractivity contribution < 1.29 is 24.2 Å². The molecule has 0 spiro atoms. The van der Waals surface area contributed by atoms with E-state index in [9.17, 15) is 9.59 Å². The van der Waals surface area contributed by atoms with Crippen molar-refractivity contribution in [3.63, 3.8) is 0 Å². The minimum Gasteiger partial charge on any atom is -0.497 e. The lowest BCUT2D eigenvalue weighted by Crippen LogP contribution is -2.41. The second-order valence-electron chi connectivity index (χ2n) is 5.77. The van der Waals surface area contributed by atoms with Gasteiger partial charge in [0, 0.05) is 18.7 Å². The van der Waals surface area contributed by atoms with Crippen molar-refractivity contribution in [3.8, 4) is 11.5 Å². The van der Waals surface area contributed by atoms with E-state index >= 15 is 0 Å². The number of hydrogen-bond donors (Lipinski definition) is 1. The molecule has 0 aromatic heterocycles. The molecule has 2 aliphatic rings. The smallest absolute Gasteiger partial charge is 0.306 e. The minimum absolute atomic E-state index is 0.0812. The predicted molar refractivity (Wildman–Crippen MR) is 83.4 cm³/mol. The number of aliphatic carboxylic acids is 1. The molecular weight excluding hydrogens is 298 g/mol. The van der Waals surface area contributed by atoms with E-state index < -0.39 is 5.97 Å². The van der Waals surface area contributed by atoms with Crippen molar-refractivity contribution in [1.29, 1.82) is 0 Å². The summed E-state index contributed by atoms with van der Waals surface area (Å²) in [5.41, 5.74) is 1.40. The molecule has 0 saturated carbocycles. The van der Waals surface area contributed by atoms with Crippen molar-refractivity contribution in [2.75, 3.05) is 26.8 Å². The Morgan fingerprint density at radius 3 is 2.70 bits per heavy atom. The molecule has 0 bridgehead atoms. The van der Waals surface area contributed by atoms with Gasteiger partial charge in [0.15, 0.2) is 0 Å². The van der Waals surface area contributed by atoms with Gasteiger partial charge in [0.05, 0.1) is 18.6 Å². The molecule has 6 heteroatoms. The lowest BCUT2D eigenvalue weighted by Gasteiger charge is -2.31. The fourth-order valence-electron chi connectivity index (χ4n) is 2.94. The highest BCUT2D eigenvalue weighted by atomic mass is 16.5. The van der Waals surface area contributed by atoms with Crippen LogP contribution in [0.3, 0.4) is 0 Å². The summed E-state index contributed by atoms with van der Waals surface area (Å²) in [4.78, 5) is 25.3. The number of piperidine rings is 1. The van der Waals surface area contributed by atoms with E-state index in [1.54, 1.807) is 12.0 Å². The van der Waals surface area contributed by atoms with E-state index in [2.05, 4.69) is 0 Å². The average Bonchev–Trinajstić information content (AvgIpc) is 2.60. The third kappa shape index (κ3) is 3.16. The molecule has 0 unspecified atom stereocenters. The van der Waals surface area contributed by atoms with Crippen LogP contribution in [0.15, 0.2) is 23.8 Å². The second kappa shape index (κ2) is 6.32. The number of nitrogens with zero attached hydrogens (tertiary/aromatic N) is 1. The number of hydrogen-bond acceptors (Lipinski definition) is 4. The largest absolute Gasteiger partial charge is 0.497 e. The van der Waals surface area contributed by atoms with Gasteiger partial charge >= 0.3 is 5.97 Å². The van der Waals surface area contributed by atoms with E-state index in [0.717, 1.165) is 11.3 Å². The van der Waals surface area contributed by atoms with Gasteiger partial charge in [-0.25, -0.2) is 0 Å². The number of rotatable bonds is 3. The van der Waals surface area contributed by atoms with Crippen molar-refractivity contribution in [2.45, 2.75) is 12.8 Å². The van der Waals surface area contributed by atoms with Gasteiger partial charge < -0.3 is 19.5 Å². The number of fused-ring (bicyclic) bond motifs is 1. The van der Waals surface area contributed by atoms with Crippen LogP contribution in [0, 0.1) is 5.92 Å². The Kier molecular flexibility index (Phi) is 4.23. The summed E-state index contributed by atoms with van der Waals surface area (Å²) in [5, 5.41) is 9.02. The number of carbonyl (C=O) groups is 2. The van der Waals surface area contributed by atoms with Crippen LogP contribution in [0.1, 0.15) is 18.4 Å². The molecule has 6 nitrogen and oxygen atoms in total. The Bertz CT molecular complexity index is 659. The number of methoxy groups -OCH3 is 1. The third-order valence-corrected chi connectivity index (χ3v) is 4.34. The molecule has 1 amide bonds. The molecule has 1 N–H and O–H groups in total. The highest BCUT2D eigenvalue weighted by Crippen LogP contribution is 2.31. The van der Waals surface area contributed by atoms with Crippen LogP contribution >= 0.6 is 0 Å². The molecule has 0 atom stereocenters. The molecule has 2 aliphatic heterocycles. The van der Waals surface area contributed by atoms with Gasteiger partial charge in [-0.15, -0.1) is 0 Å². The van der Waals surface area contributed by atoms with Crippen LogP contribution in [-0.4, -0.2) is 48.7 Å². The zero-order valence-electron chi connectivity index (χ0n) is 12.9. The quantitative estimate of drug-likeness (QED) is 0.920. The van der Waals surface area contributed by atoms with Gasteiger partial charge in [-0.3, -0.25) is 9.59 Å². The molecule has 0 radical (unpaired) electrons. The summed E-state index contributed by atoms with van der Waals surface area (Å²) in [6, 6.07) is 5.47. The van der Waals surface area contributed by atoms with Crippen LogP contribution in [0.2, 0.25) is 0 Å². The molecule has 3 rings (SSSR count). The zero-order chi connectivity index (χ0) is 16.4. The average molecular weight is 317 g/mol. The number of carbonyl (C=O) groups excluding carboxylic acids is 1. The Balaban J connectivity index is 1.73. The number of ether oxygens (including phenoxy) is 2. The normalized spacial score (nSPS) is 17.8. The summed E-state index contributed by atoms with van der Waals surface area (Å²) in [6.45, 7) is 1.17. The fraction of sp³-hybridized carbons (Fsp3) is 0.412. The Hall–Kier alpha value is -2.50. The summed E-state index contributed by atoms with van der Waals surface area (Å²) in [6.07, 6.45) is 2.83. The first-order valence-electron chi connectivity index (χ1n) is 7.62. The maximum atomic E-state index is 12.6. The van der Waals surface area contributed by atoms with Crippen molar-refractivity contribution >= 4 is 18.0 Å². The first-order chi connectivity index (χ1) is 11.1. The van der Waals surface area contributed by atoms with Gasteiger partial charge in [0.2, 0.25) is 0 Å². The fourth-order valence-corrected chi connectivity index (χ4v) is 2.94. The van der Waals surface area contributed by atoms with Crippen LogP contribution in [0.4, 0.5) is 0 Å². The Morgan fingerprint density at radius 2 is 2.04 bits per heavy atom. The van der Waals surface area contributed by atoms with E-state index in [0.29, 0.717) is 37.3 Å². The second-order valence-corrected chi connectivity index (χ2v) is 5.77. The Morgan fingerprint density at radius 1 is 1.30 bits per heavy atom. The van der Waals surface area contributed by atoms with Crippen molar-refractivity contribution in [2.24, 2.45) is 5.92 Å². The summed E-state index contributed by atoms with van der Waals surface area (Å²) in [5.74, 6) is 0.229. The first kappa shape index (κ1) is 15.4. The van der Waals surface area contributed by atoms with E-state index in [1.807, 2.05) is 24.3 Å². The van der Waals surface area contributed by atoms with Gasteiger partial charge in [-0.2, -0.15) is 0 Å². The van der Waals surface area contributed by atoms with E-state index in [1.165, 1.54) is 0 Å². The monoisotopic (exact) mass is 317 g/mol. The maximum Gasteiger partial charge on any atom is 0.306 e. The first-order valence-corrected chi connectivity index (χ1v) is 7.62. The van der Waals surface area contributed by atoms with Gasteiger partial charge in [0.25, 0.3) is 5.91 Å². The molecule has 23 heavy (non-hydrogen) atoms. The van der Waals surface area contributed by atoms with Crippen LogP contribution in [-0.2, 0) is 9.59 Å². The van der Waals surface area contributed by atoms with Crippen molar-refractivity contribution in [3.05, 3.63) is 29.3 Å². The molecule has 1 aromatic carbocycles. The number of carboxylic acids is 1. The van der Waals surface area contributed by atoms with Gasteiger partial charge in [-0.05, 0) is 37.1 Å². The number of benzene rings is 1. The number of likely N-dealkylation sites (tertiary alicyclic amines) is 1. The van der Waals surface area contributed by atoms with Gasteiger partial charge in [-0.1, -0.05) is 0 Å². The molecular formula is C17H19NO5. The molecule has 0 aliphatic carbocycles. The molecule has 1 fully saturated rings. The van der Waals surface area contributed by atoms with Crippen LogP contribution < -0.4 is 9.47 Å². The van der Waals surface area contributed by atoms with Gasteiger partial charge in [0.1, 0.15) is 18.1 Å². The minimum atomic E-state index is -0.779. The lowest BCUT2D eigenvalue weighted by molar-refractivity contribution is -0.145. The third-order valence-electron chi connectivity index (χ3n) is 4.34.